The van der Waals surface area contributed by atoms with Gasteiger partial charge in [-0.3, -0.25) is 0 Å². The quantitative estimate of drug-likeness (QED) is 0.503. The molecular weight excluding hydrogens is 260 g/mol. The number of anilines is 1. The van der Waals surface area contributed by atoms with Gasteiger partial charge in [0.25, 0.3) is 0 Å². The first-order valence-electron chi connectivity index (χ1n) is 4.89. The molecule has 0 aromatic carbocycles. The van der Waals surface area contributed by atoms with Crippen molar-refractivity contribution < 1.29 is 8.78 Å². The van der Waals surface area contributed by atoms with Crippen LogP contribution in [0.5, 0.6) is 0 Å². The van der Waals surface area contributed by atoms with Crippen LogP contribution in [0.15, 0.2) is 28.6 Å². The normalized spacial score (nSPS) is 10.4. The second-order valence-electron chi connectivity index (χ2n) is 3.40. The molecule has 0 atom stereocenters. The van der Waals surface area contributed by atoms with Crippen molar-refractivity contribution in [1.82, 2.24) is 15.0 Å². The van der Waals surface area contributed by atoms with E-state index in [0.29, 0.717) is 11.2 Å². The van der Waals surface area contributed by atoms with E-state index >= 15 is 0 Å². The molecule has 0 bridgehead atoms. The first kappa shape index (κ1) is 12.7. The molecule has 2 aromatic rings. The van der Waals surface area contributed by atoms with Gasteiger partial charge in [0.2, 0.25) is 0 Å². The summed E-state index contributed by atoms with van der Waals surface area (Å²) >= 11 is 0.891. The van der Waals surface area contributed by atoms with Gasteiger partial charge in [0.1, 0.15) is 5.03 Å². The summed E-state index contributed by atoms with van der Waals surface area (Å²) < 4.78 is 26.6. The van der Waals surface area contributed by atoms with E-state index in [1.165, 1.54) is 0 Å². The second kappa shape index (κ2) is 5.23. The minimum Gasteiger partial charge on any atom is -0.306 e. The number of hydrogen-bond acceptors (Lipinski definition) is 6. The van der Waals surface area contributed by atoms with E-state index in [1.54, 1.807) is 12.4 Å². The molecule has 0 fully saturated rings. The lowest BCUT2D eigenvalue weighted by atomic mass is 10.4. The Labute approximate surface area is 106 Å². The molecule has 5 nitrogen and oxygen atoms in total. The molecule has 0 unspecified atom stereocenters. The van der Waals surface area contributed by atoms with E-state index in [1.807, 2.05) is 6.92 Å². The maximum Gasteiger partial charge on any atom is 0.193 e. The van der Waals surface area contributed by atoms with Gasteiger partial charge in [0, 0.05) is 18.5 Å². The van der Waals surface area contributed by atoms with Gasteiger partial charge in [0.05, 0.1) is 0 Å². The summed E-state index contributed by atoms with van der Waals surface area (Å²) in [5, 5.41) is 0.273. The topological polar surface area (TPSA) is 76.7 Å². The Morgan fingerprint density at radius 1 is 1.22 bits per heavy atom. The molecule has 0 aliphatic carbocycles. The molecule has 0 saturated carbocycles. The number of nitrogen functional groups attached to an aromatic ring is 1. The molecule has 0 radical (unpaired) electrons. The van der Waals surface area contributed by atoms with Crippen LogP contribution in [0.3, 0.4) is 0 Å². The summed E-state index contributed by atoms with van der Waals surface area (Å²) in [6.45, 7) is 1.83. The average Bonchev–Trinajstić information content (AvgIpc) is 2.35. The molecule has 94 valence electrons. The highest BCUT2D eigenvalue weighted by Crippen LogP contribution is 2.27. The summed E-state index contributed by atoms with van der Waals surface area (Å²) in [6.07, 6.45) is 3.19. The molecular formula is C10H9F2N5S. The monoisotopic (exact) mass is 269 g/mol. The van der Waals surface area contributed by atoms with E-state index in [-0.39, 0.29) is 10.8 Å². The van der Waals surface area contributed by atoms with Crippen LogP contribution in [0.4, 0.5) is 14.6 Å². The van der Waals surface area contributed by atoms with Crippen LogP contribution in [0.25, 0.3) is 0 Å². The number of nitrogens with two attached hydrogens (primary N) is 1. The van der Waals surface area contributed by atoms with E-state index in [4.69, 9.17) is 5.84 Å². The highest BCUT2D eigenvalue weighted by Gasteiger charge is 2.13. The number of halogens is 2. The van der Waals surface area contributed by atoms with Gasteiger partial charge in [-0.1, -0.05) is 0 Å². The number of hydrogen-bond donors (Lipinski definition) is 2. The third-order valence-electron chi connectivity index (χ3n) is 1.98. The number of pyridine rings is 1. The lowest BCUT2D eigenvalue weighted by Crippen LogP contribution is -2.11. The number of hydrazine groups is 1. The fourth-order valence-corrected chi connectivity index (χ4v) is 1.82. The Kier molecular flexibility index (Phi) is 3.68. The first-order chi connectivity index (χ1) is 8.60. The number of rotatable bonds is 3. The van der Waals surface area contributed by atoms with Gasteiger partial charge in [-0.2, -0.15) is 0 Å². The van der Waals surface area contributed by atoms with Crippen molar-refractivity contribution in [2.75, 3.05) is 5.43 Å². The summed E-state index contributed by atoms with van der Waals surface area (Å²) in [6, 6.07) is 0.707. The van der Waals surface area contributed by atoms with Crippen molar-refractivity contribution in [2.24, 2.45) is 5.84 Å². The van der Waals surface area contributed by atoms with Gasteiger partial charge in [-0.05, 0) is 24.2 Å². The predicted octanol–water partition coefficient (Wildman–Crippen LogP) is 1.90. The van der Waals surface area contributed by atoms with Crippen LogP contribution >= 0.6 is 11.8 Å². The molecule has 2 rings (SSSR count). The van der Waals surface area contributed by atoms with Crippen LogP contribution < -0.4 is 11.3 Å². The van der Waals surface area contributed by atoms with E-state index in [9.17, 15) is 8.78 Å². The van der Waals surface area contributed by atoms with E-state index in [0.717, 1.165) is 17.3 Å². The van der Waals surface area contributed by atoms with Crippen molar-refractivity contribution in [2.45, 2.75) is 17.1 Å². The predicted molar refractivity (Wildman–Crippen MR) is 62.9 cm³/mol. The van der Waals surface area contributed by atoms with Gasteiger partial charge >= 0.3 is 0 Å². The van der Waals surface area contributed by atoms with Crippen LogP contribution in [-0.2, 0) is 0 Å². The largest absolute Gasteiger partial charge is 0.306 e. The van der Waals surface area contributed by atoms with Crippen molar-refractivity contribution in [3.05, 3.63) is 35.7 Å². The van der Waals surface area contributed by atoms with Crippen LogP contribution in [-0.4, -0.2) is 15.0 Å². The zero-order valence-electron chi connectivity index (χ0n) is 9.32. The first-order valence-corrected chi connectivity index (χ1v) is 5.71. The highest BCUT2D eigenvalue weighted by atomic mass is 32.2. The number of nitrogens with one attached hydrogen (secondary N) is 1. The van der Waals surface area contributed by atoms with Crippen LogP contribution in [0, 0.1) is 18.6 Å². The smallest absolute Gasteiger partial charge is 0.193 e. The SMILES string of the molecule is Cc1cnc(Sc2nc(NN)c(F)cc2F)nc1. The molecule has 0 aliphatic heterocycles. The van der Waals surface area contributed by atoms with E-state index in [2.05, 4.69) is 20.4 Å². The average molecular weight is 269 g/mol. The molecule has 2 heterocycles. The third-order valence-corrected chi connectivity index (χ3v) is 2.85. The lowest BCUT2D eigenvalue weighted by Gasteiger charge is -2.05. The van der Waals surface area contributed by atoms with Crippen LogP contribution in [0.1, 0.15) is 5.56 Å². The summed E-state index contributed by atoms with van der Waals surface area (Å²) in [7, 11) is 0. The second-order valence-corrected chi connectivity index (χ2v) is 4.35. The standard InChI is InChI=1S/C10H9F2N5S/c1-5-3-14-10(15-4-5)18-9-7(12)2-6(11)8(16-9)17-13/h2-4H,13H2,1H3,(H,16,17). The Balaban J connectivity index is 2.31. The number of aryl methyl sites for hydroxylation is 1. The Morgan fingerprint density at radius 3 is 2.50 bits per heavy atom. The van der Waals surface area contributed by atoms with Crippen molar-refractivity contribution in [1.29, 1.82) is 0 Å². The van der Waals surface area contributed by atoms with Crippen molar-refractivity contribution in [3.8, 4) is 0 Å². The summed E-state index contributed by atoms with van der Waals surface area (Å²) in [5.41, 5.74) is 2.94. The van der Waals surface area contributed by atoms with E-state index < -0.39 is 11.6 Å². The minimum atomic E-state index is -0.857. The van der Waals surface area contributed by atoms with Gasteiger partial charge in [-0.25, -0.2) is 29.6 Å². The number of aromatic nitrogens is 3. The molecule has 0 spiro atoms. The molecule has 0 aliphatic rings. The fourth-order valence-electron chi connectivity index (χ4n) is 1.14. The molecule has 0 saturated heterocycles. The molecule has 2 aromatic heterocycles. The Morgan fingerprint density at radius 2 is 1.89 bits per heavy atom. The molecule has 3 N–H and O–H groups in total. The minimum absolute atomic E-state index is 0.0480. The zero-order valence-corrected chi connectivity index (χ0v) is 10.1. The highest BCUT2D eigenvalue weighted by molar-refractivity contribution is 7.99. The Hall–Kier alpha value is -1.80. The molecule has 18 heavy (non-hydrogen) atoms. The van der Waals surface area contributed by atoms with Gasteiger partial charge in [0.15, 0.2) is 22.6 Å². The maximum absolute atomic E-state index is 13.5. The summed E-state index contributed by atoms with van der Waals surface area (Å²) in [5.74, 6) is 3.19. The van der Waals surface area contributed by atoms with Crippen molar-refractivity contribution >= 4 is 17.6 Å². The number of nitrogens with zero attached hydrogens (tertiary/aromatic N) is 3. The third kappa shape index (κ3) is 2.71. The molecule has 8 heteroatoms. The van der Waals surface area contributed by atoms with Gasteiger partial charge in [-0.15, -0.1) is 0 Å². The fraction of sp³-hybridized carbons (Fsp3) is 0.100. The van der Waals surface area contributed by atoms with Crippen LogP contribution in [0.2, 0.25) is 0 Å². The summed E-state index contributed by atoms with van der Waals surface area (Å²) in [4.78, 5) is 11.7. The van der Waals surface area contributed by atoms with Gasteiger partial charge < -0.3 is 5.43 Å². The maximum atomic E-state index is 13.5. The molecule has 0 amide bonds. The lowest BCUT2D eigenvalue weighted by molar-refractivity contribution is 0.551. The Bertz CT molecular complexity index is 561. The zero-order chi connectivity index (χ0) is 13.1. The van der Waals surface area contributed by atoms with Crippen molar-refractivity contribution in [3.63, 3.8) is 0 Å².